The molecule has 0 atom stereocenters. The van der Waals surface area contributed by atoms with Crippen LogP contribution in [0.25, 0.3) is 11.0 Å². The maximum absolute atomic E-state index is 12.9. The second-order valence-electron chi connectivity index (χ2n) is 7.62. The van der Waals surface area contributed by atoms with Crippen molar-refractivity contribution >= 4 is 34.0 Å². The van der Waals surface area contributed by atoms with E-state index in [1.165, 1.54) is 4.52 Å². The Balaban J connectivity index is 1.39. The van der Waals surface area contributed by atoms with Gasteiger partial charge in [0, 0.05) is 11.4 Å². The van der Waals surface area contributed by atoms with Gasteiger partial charge in [0.05, 0.1) is 4.53 Å². The van der Waals surface area contributed by atoms with Crippen molar-refractivity contribution in [3.63, 3.8) is 0 Å². The van der Waals surface area contributed by atoms with Gasteiger partial charge in [0.1, 0.15) is 18.1 Å². The third-order valence-electron chi connectivity index (χ3n) is 5.16. The van der Waals surface area contributed by atoms with Crippen molar-refractivity contribution < 1.29 is 4.74 Å². The molecule has 34 heavy (non-hydrogen) atoms. The maximum Gasteiger partial charge on any atom is 0.296 e. The van der Waals surface area contributed by atoms with Crippen molar-refractivity contribution in [3.05, 3.63) is 132 Å². The summed E-state index contributed by atoms with van der Waals surface area (Å²) < 4.78 is 7.45. The lowest BCUT2D eigenvalue weighted by Crippen LogP contribution is -2.28. The van der Waals surface area contributed by atoms with Crippen LogP contribution in [-0.2, 0) is 13.0 Å². The van der Waals surface area contributed by atoms with Crippen LogP contribution in [0.15, 0.2) is 88.5 Å². The van der Waals surface area contributed by atoms with Crippen LogP contribution in [0, 0.1) is 0 Å². The van der Waals surface area contributed by atoms with Crippen molar-refractivity contribution in [2.24, 2.45) is 0 Å². The zero-order chi connectivity index (χ0) is 23.5. The van der Waals surface area contributed by atoms with E-state index in [1.807, 2.05) is 66.7 Å². The predicted octanol–water partition coefficient (Wildman–Crippen LogP) is 3.88. The zero-order valence-electron chi connectivity index (χ0n) is 17.8. The Labute approximate surface area is 203 Å². The van der Waals surface area contributed by atoms with Crippen molar-refractivity contribution in [2.75, 3.05) is 0 Å². The molecule has 168 valence electrons. The Hall–Kier alpha value is -3.81. The van der Waals surface area contributed by atoms with Gasteiger partial charge in [0.25, 0.3) is 11.1 Å². The lowest BCUT2D eigenvalue weighted by atomic mass is 10.1. The van der Waals surface area contributed by atoms with Gasteiger partial charge in [-0.1, -0.05) is 77.5 Å². The number of thiazole rings is 1. The van der Waals surface area contributed by atoms with Crippen molar-refractivity contribution in [2.45, 2.75) is 13.0 Å². The second-order valence-corrected chi connectivity index (χ2v) is 9.07. The molecule has 6 nitrogen and oxygen atoms in total. The van der Waals surface area contributed by atoms with E-state index in [2.05, 4.69) is 10.1 Å². The van der Waals surface area contributed by atoms with E-state index in [9.17, 15) is 9.59 Å². The number of hydrogen-bond acceptors (Lipinski definition) is 6. The van der Waals surface area contributed by atoms with E-state index < -0.39 is 5.56 Å². The summed E-state index contributed by atoms with van der Waals surface area (Å²) in [7, 11) is 0. The summed E-state index contributed by atoms with van der Waals surface area (Å²) in [6.45, 7) is 0.481. The Kier molecular flexibility index (Phi) is 6.20. The number of halogens is 1. The molecule has 8 heteroatoms. The zero-order valence-corrected chi connectivity index (χ0v) is 19.4. The lowest BCUT2D eigenvalue weighted by molar-refractivity contribution is 0.306. The molecule has 0 aliphatic carbocycles. The number of nitrogens with zero attached hydrogens (tertiary/aromatic N) is 3. The molecule has 0 N–H and O–H groups in total. The molecule has 0 saturated heterocycles. The van der Waals surface area contributed by atoms with Crippen LogP contribution in [0.2, 0.25) is 5.02 Å². The van der Waals surface area contributed by atoms with Crippen molar-refractivity contribution in [3.8, 4) is 5.75 Å². The normalized spacial score (nSPS) is 11.7. The summed E-state index contributed by atoms with van der Waals surface area (Å²) in [6, 6.07) is 24.5. The molecule has 0 unspecified atom stereocenters. The summed E-state index contributed by atoms with van der Waals surface area (Å²) in [5.41, 5.74) is 2.24. The molecular formula is C26H18ClN3O3S. The van der Waals surface area contributed by atoms with Crippen LogP contribution in [0.4, 0.5) is 0 Å². The molecule has 0 radical (unpaired) electrons. The van der Waals surface area contributed by atoms with Gasteiger partial charge >= 0.3 is 0 Å². The van der Waals surface area contributed by atoms with Crippen LogP contribution in [0.5, 0.6) is 5.75 Å². The molecule has 0 aliphatic heterocycles. The molecule has 0 amide bonds. The molecule has 0 spiro atoms. The number of ether oxygens (including phenoxy) is 1. The highest BCUT2D eigenvalue weighted by Crippen LogP contribution is 2.15. The van der Waals surface area contributed by atoms with Gasteiger partial charge in [-0.25, -0.2) is 0 Å². The predicted molar refractivity (Wildman–Crippen MR) is 134 cm³/mol. The Bertz CT molecular complexity index is 1610. The largest absolute Gasteiger partial charge is 0.489 e. The van der Waals surface area contributed by atoms with Crippen LogP contribution in [-0.4, -0.2) is 14.6 Å². The monoisotopic (exact) mass is 487 g/mol. The first-order chi connectivity index (χ1) is 16.5. The smallest absolute Gasteiger partial charge is 0.296 e. The van der Waals surface area contributed by atoms with E-state index in [0.717, 1.165) is 33.8 Å². The highest BCUT2D eigenvalue weighted by atomic mass is 35.5. The first kappa shape index (κ1) is 22.0. The van der Waals surface area contributed by atoms with Gasteiger partial charge < -0.3 is 4.74 Å². The Morgan fingerprint density at radius 3 is 2.38 bits per heavy atom. The summed E-state index contributed by atoms with van der Waals surface area (Å²) in [6.07, 6.45) is 2.03. The minimum Gasteiger partial charge on any atom is -0.489 e. The van der Waals surface area contributed by atoms with Gasteiger partial charge in [-0.2, -0.15) is 14.6 Å². The van der Waals surface area contributed by atoms with Gasteiger partial charge in [-0.3, -0.25) is 9.59 Å². The van der Waals surface area contributed by atoms with E-state index in [1.54, 1.807) is 18.2 Å². The highest BCUT2D eigenvalue weighted by molar-refractivity contribution is 7.15. The molecule has 3 aromatic carbocycles. The van der Waals surface area contributed by atoms with Gasteiger partial charge in [-0.15, -0.1) is 0 Å². The number of aromatic nitrogens is 3. The Morgan fingerprint density at radius 1 is 0.912 bits per heavy atom. The topological polar surface area (TPSA) is 73.6 Å². The fourth-order valence-electron chi connectivity index (χ4n) is 3.40. The van der Waals surface area contributed by atoms with E-state index in [0.29, 0.717) is 16.2 Å². The summed E-state index contributed by atoms with van der Waals surface area (Å²) in [5, 5.41) is 4.90. The number of fused-ring (bicyclic) bond motifs is 1. The van der Waals surface area contributed by atoms with Crippen LogP contribution in [0.3, 0.4) is 0 Å². The molecule has 0 bridgehead atoms. The highest BCUT2D eigenvalue weighted by Gasteiger charge is 2.12. The first-order valence-electron chi connectivity index (χ1n) is 10.5. The molecule has 0 fully saturated rings. The third-order valence-corrected chi connectivity index (χ3v) is 6.37. The van der Waals surface area contributed by atoms with Gasteiger partial charge in [0.2, 0.25) is 4.96 Å². The summed E-state index contributed by atoms with van der Waals surface area (Å²) in [4.78, 5) is 29.7. The fraction of sp³-hybridized carbons (Fsp3) is 0.0769. The van der Waals surface area contributed by atoms with E-state index in [-0.39, 0.29) is 22.6 Å². The van der Waals surface area contributed by atoms with Crippen LogP contribution in [0.1, 0.15) is 22.4 Å². The van der Waals surface area contributed by atoms with E-state index >= 15 is 0 Å². The van der Waals surface area contributed by atoms with Crippen molar-refractivity contribution in [1.82, 2.24) is 14.6 Å². The minimum atomic E-state index is -0.442. The number of benzene rings is 3. The van der Waals surface area contributed by atoms with Crippen molar-refractivity contribution in [1.29, 1.82) is 0 Å². The molecule has 2 aromatic heterocycles. The molecule has 5 rings (SSSR count). The van der Waals surface area contributed by atoms with Crippen LogP contribution < -0.4 is 20.4 Å². The SMILES string of the molecule is O=c1nc2s/c(=C\c3ccc(OCc4ccccc4)cc3)c(=O)n2nc1Cc1ccc(Cl)cc1. The van der Waals surface area contributed by atoms with Crippen LogP contribution >= 0.6 is 22.9 Å². The van der Waals surface area contributed by atoms with Gasteiger partial charge in [0.15, 0.2) is 0 Å². The second kappa shape index (κ2) is 9.59. The number of hydrogen-bond donors (Lipinski definition) is 0. The standard InChI is InChI=1S/C26H18ClN3O3S/c27-20-10-6-17(7-11-20)14-22-24(31)28-26-30(29-22)25(32)23(34-26)15-18-8-12-21(13-9-18)33-16-19-4-2-1-3-5-19/h1-13,15H,14,16H2/b23-15-. The third kappa shape index (κ3) is 4.90. The van der Waals surface area contributed by atoms with Gasteiger partial charge in [-0.05, 0) is 47.0 Å². The molecule has 2 heterocycles. The Morgan fingerprint density at radius 2 is 1.65 bits per heavy atom. The number of rotatable bonds is 6. The summed E-state index contributed by atoms with van der Waals surface area (Å²) in [5.74, 6) is 0.736. The molecule has 5 aromatic rings. The first-order valence-corrected chi connectivity index (χ1v) is 11.7. The average molecular weight is 488 g/mol. The quantitative estimate of drug-likeness (QED) is 0.363. The fourth-order valence-corrected chi connectivity index (χ4v) is 4.43. The minimum absolute atomic E-state index is 0.209. The average Bonchev–Trinajstić information content (AvgIpc) is 3.15. The maximum atomic E-state index is 12.9. The molecule has 0 saturated carbocycles. The molecule has 0 aliphatic rings. The molecular weight excluding hydrogens is 470 g/mol. The summed E-state index contributed by atoms with van der Waals surface area (Å²) >= 11 is 7.05. The lowest BCUT2D eigenvalue weighted by Gasteiger charge is -2.06. The van der Waals surface area contributed by atoms with E-state index in [4.69, 9.17) is 16.3 Å².